The summed E-state index contributed by atoms with van der Waals surface area (Å²) in [5, 5.41) is 33.7. The van der Waals surface area contributed by atoms with Crippen molar-refractivity contribution in [3.63, 3.8) is 0 Å². The molecule has 0 aromatic rings. The van der Waals surface area contributed by atoms with Crippen molar-refractivity contribution in [2.45, 2.75) is 360 Å². The number of aliphatic hydroxyl groups is 3. The van der Waals surface area contributed by atoms with Crippen molar-refractivity contribution in [1.82, 2.24) is 5.32 Å². The third-order valence-corrected chi connectivity index (χ3v) is 14.7. The van der Waals surface area contributed by atoms with Gasteiger partial charge in [0.25, 0.3) is 0 Å². The van der Waals surface area contributed by atoms with Gasteiger partial charge in [-0.15, -0.1) is 0 Å². The van der Waals surface area contributed by atoms with E-state index in [0.29, 0.717) is 12.8 Å². The molecular formula is C64H123NO4. The van der Waals surface area contributed by atoms with Crippen LogP contribution < -0.4 is 5.32 Å². The third-order valence-electron chi connectivity index (χ3n) is 14.7. The molecule has 408 valence electrons. The standard InChI is InChI=1S/C64H123NO4/c1-3-5-7-9-11-13-15-17-19-21-22-23-24-25-26-27-28-29-30-31-32-33-34-35-36-37-38-39-40-41-42-43-45-47-49-51-53-55-57-59-63(68)65-61(60-66)64(69)62(67)58-56-54-52-50-48-46-44-20-18-16-14-12-10-8-6-4-2/h28-29,31-32,50,52,61-62,64,66-67,69H,3-27,30,33-49,51,53-60H2,1-2H3,(H,65,68)/b29-28-,32-31-,52-50+. The Labute approximate surface area is 432 Å². The second-order valence-electron chi connectivity index (χ2n) is 21.6. The van der Waals surface area contributed by atoms with Gasteiger partial charge < -0.3 is 20.6 Å². The van der Waals surface area contributed by atoms with E-state index in [4.69, 9.17) is 0 Å². The molecule has 69 heavy (non-hydrogen) atoms. The van der Waals surface area contributed by atoms with E-state index >= 15 is 0 Å². The van der Waals surface area contributed by atoms with Crippen LogP contribution in [0.15, 0.2) is 36.5 Å². The molecule has 0 bridgehead atoms. The topological polar surface area (TPSA) is 89.8 Å². The van der Waals surface area contributed by atoms with Gasteiger partial charge in [0.05, 0.1) is 18.8 Å². The average molecular weight is 971 g/mol. The van der Waals surface area contributed by atoms with Gasteiger partial charge in [0, 0.05) is 6.42 Å². The van der Waals surface area contributed by atoms with E-state index in [9.17, 15) is 20.1 Å². The molecule has 5 heteroatoms. The van der Waals surface area contributed by atoms with Crippen molar-refractivity contribution in [3.05, 3.63) is 36.5 Å². The fourth-order valence-corrected chi connectivity index (χ4v) is 9.90. The molecule has 0 aliphatic heterocycles. The van der Waals surface area contributed by atoms with E-state index in [0.717, 1.165) is 44.9 Å². The molecule has 0 aliphatic rings. The Morgan fingerprint density at radius 2 is 0.623 bits per heavy atom. The Balaban J connectivity index is 3.47. The maximum atomic E-state index is 12.5. The lowest BCUT2D eigenvalue weighted by atomic mass is 10.0. The summed E-state index contributed by atoms with van der Waals surface area (Å²) in [5.74, 6) is -0.150. The monoisotopic (exact) mass is 970 g/mol. The van der Waals surface area contributed by atoms with Crippen LogP contribution in [0.4, 0.5) is 0 Å². The molecule has 5 nitrogen and oxygen atoms in total. The molecular weight excluding hydrogens is 847 g/mol. The number of aliphatic hydroxyl groups excluding tert-OH is 3. The van der Waals surface area contributed by atoms with Gasteiger partial charge in [0.2, 0.25) is 5.91 Å². The third kappa shape index (κ3) is 54.2. The molecule has 0 saturated heterocycles. The maximum Gasteiger partial charge on any atom is 0.220 e. The molecule has 0 fully saturated rings. The van der Waals surface area contributed by atoms with Crippen molar-refractivity contribution in [1.29, 1.82) is 0 Å². The summed E-state index contributed by atoms with van der Waals surface area (Å²) in [6, 6.07) is -0.826. The predicted octanol–water partition coefficient (Wildman–Crippen LogP) is 19.8. The summed E-state index contributed by atoms with van der Waals surface area (Å²) in [7, 11) is 0. The zero-order valence-corrected chi connectivity index (χ0v) is 46.7. The zero-order chi connectivity index (χ0) is 50.0. The van der Waals surface area contributed by atoms with Gasteiger partial charge in [-0.3, -0.25) is 4.79 Å². The number of nitrogens with one attached hydrogen (secondary N) is 1. The minimum absolute atomic E-state index is 0.150. The number of hydrogen-bond acceptors (Lipinski definition) is 4. The van der Waals surface area contributed by atoms with E-state index in [1.807, 2.05) is 0 Å². The van der Waals surface area contributed by atoms with Gasteiger partial charge in [0.15, 0.2) is 0 Å². The molecule has 3 unspecified atom stereocenters. The first kappa shape index (κ1) is 67.6. The molecule has 0 heterocycles. The van der Waals surface area contributed by atoms with Crippen LogP contribution in [0, 0.1) is 0 Å². The SMILES string of the molecule is CCCCCCCCCCCCC/C=C/CCCC(O)C(O)C(CO)NC(=O)CCCCCCCCCCCCCCCCCCC/C=C\C/C=C\CCCCCCCCCCCCCCCCC. The van der Waals surface area contributed by atoms with Crippen molar-refractivity contribution in [3.8, 4) is 0 Å². The van der Waals surface area contributed by atoms with Gasteiger partial charge in [-0.05, 0) is 70.6 Å². The van der Waals surface area contributed by atoms with Crippen LogP contribution in [0.25, 0.3) is 0 Å². The molecule has 1 amide bonds. The van der Waals surface area contributed by atoms with Crippen LogP contribution in [0.5, 0.6) is 0 Å². The van der Waals surface area contributed by atoms with Gasteiger partial charge >= 0.3 is 0 Å². The van der Waals surface area contributed by atoms with Crippen LogP contribution in [0.2, 0.25) is 0 Å². The van der Waals surface area contributed by atoms with E-state index in [1.165, 1.54) is 270 Å². The van der Waals surface area contributed by atoms with Crippen molar-refractivity contribution < 1.29 is 20.1 Å². The Hall–Kier alpha value is -1.43. The van der Waals surface area contributed by atoms with Crippen molar-refractivity contribution >= 4 is 5.91 Å². The number of hydrogen-bond donors (Lipinski definition) is 4. The maximum absolute atomic E-state index is 12.5. The summed E-state index contributed by atoms with van der Waals surface area (Å²) >= 11 is 0. The summed E-state index contributed by atoms with van der Waals surface area (Å²) in [6.45, 7) is 4.20. The predicted molar refractivity (Wildman–Crippen MR) is 305 cm³/mol. The normalized spacial score (nSPS) is 13.4. The molecule has 0 aromatic carbocycles. The van der Waals surface area contributed by atoms with Crippen LogP contribution in [0.3, 0.4) is 0 Å². The van der Waals surface area contributed by atoms with Crippen molar-refractivity contribution in [2.24, 2.45) is 0 Å². The number of carbonyl (C=O) groups excluding carboxylic acids is 1. The molecule has 0 rings (SSSR count). The molecule has 0 aliphatic carbocycles. The Kier molecular flexibility index (Phi) is 57.9. The van der Waals surface area contributed by atoms with E-state index < -0.39 is 18.2 Å². The lowest BCUT2D eigenvalue weighted by Crippen LogP contribution is -2.50. The fraction of sp³-hybridized carbons (Fsp3) is 0.891. The summed E-state index contributed by atoms with van der Waals surface area (Å²) in [6.07, 6.45) is 77.7. The average Bonchev–Trinajstić information content (AvgIpc) is 3.35. The first-order chi connectivity index (χ1) is 34.1. The molecule has 0 radical (unpaired) electrons. The molecule has 4 N–H and O–H groups in total. The number of unbranched alkanes of at least 4 members (excludes halogenated alkanes) is 44. The smallest absolute Gasteiger partial charge is 0.220 e. The highest BCUT2D eigenvalue weighted by Gasteiger charge is 2.26. The molecule has 3 atom stereocenters. The number of rotatable bonds is 58. The minimum atomic E-state index is -1.16. The van der Waals surface area contributed by atoms with Gasteiger partial charge in [-0.1, -0.05) is 301 Å². The highest BCUT2D eigenvalue weighted by molar-refractivity contribution is 5.76. The van der Waals surface area contributed by atoms with Crippen LogP contribution in [0.1, 0.15) is 341 Å². The number of allylic oxidation sites excluding steroid dienone is 6. The first-order valence-electron chi connectivity index (χ1n) is 31.3. The van der Waals surface area contributed by atoms with Crippen LogP contribution >= 0.6 is 0 Å². The summed E-state index contributed by atoms with van der Waals surface area (Å²) in [4.78, 5) is 12.5. The lowest BCUT2D eigenvalue weighted by Gasteiger charge is -2.26. The lowest BCUT2D eigenvalue weighted by molar-refractivity contribution is -0.124. The second kappa shape index (κ2) is 59.1. The quantitative estimate of drug-likeness (QED) is 0.0361. The number of carbonyl (C=O) groups is 1. The zero-order valence-electron chi connectivity index (χ0n) is 46.7. The van der Waals surface area contributed by atoms with Crippen LogP contribution in [-0.2, 0) is 4.79 Å². The van der Waals surface area contributed by atoms with Gasteiger partial charge in [-0.25, -0.2) is 0 Å². The van der Waals surface area contributed by atoms with Crippen molar-refractivity contribution in [2.75, 3.05) is 6.61 Å². The minimum Gasteiger partial charge on any atom is -0.394 e. The van der Waals surface area contributed by atoms with E-state index in [-0.39, 0.29) is 12.5 Å². The molecule has 0 saturated carbocycles. The molecule has 0 spiro atoms. The second-order valence-corrected chi connectivity index (χ2v) is 21.6. The van der Waals surface area contributed by atoms with Crippen LogP contribution in [-0.4, -0.2) is 46.1 Å². The highest BCUT2D eigenvalue weighted by Crippen LogP contribution is 2.18. The number of amides is 1. The largest absolute Gasteiger partial charge is 0.394 e. The van der Waals surface area contributed by atoms with Gasteiger partial charge in [0.1, 0.15) is 6.10 Å². The summed E-state index contributed by atoms with van der Waals surface area (Å²) in [5.41, 5.74) is 0. The van der Waals surface area contributed by atoms with E-state index in [2.05, 4.69) is 55.6 Å². The van der Waals surface area contributed by atoms with Gasteiger partial charge in [-0.2, -0.15) is 0 Å². The Morgan fingerprint density at radius 3 is 0.928 bits per heavy atom. The molecule has 0 aromatic heterocycles. The Morgan fingerprint density at radius 1 is 0.362 bits per heavy atom. The Bertz CT molecular complexity index is 1070. The summed E-state index contributed by atoms with van der Waals surface area (Å²) < 4.78 is 0. The highest BCUT2D eigenvalue weighted by atomic mass is 16.3. The first-order valence-corrected chi connectivity index (χ1v) is 31.3. The van der Waals surface area contributed by atoms with E-state index in [1.54, 1.807) is 0 Å². The fourth-order valence-electron chi connectivity index (χ4n) is 9.90.